The highest BCUT2D eigenvalue weighted by Crippen LogP contribution is 2.33. The Morgan fingerprint density at radius 1 is 1.28 bits per heavy atom. The summed E-state index contributed by atoms with van der Waals surface area (Å²) < 4.78 is 9.34. The molecule has 1 atom stereocenters. The zero-order valence-corrected chi connectivity index (χ0v) is 13.0. The predicted octanol–water partition coefficient (Wildman–Crippen LogP) is 3.07. The smallest absolute Gasteiger partial charge is 0.0918 e. The van der Waals surface area contributed by atoms with Crippen molar-refractivity contribution in [2.45, 2.75) is 64.6 Å². The van der Waals surface area contributed by atoms with Crippen molar-refractivity contribution in [2.24, 2.45) is 0 Å². The Morgan fingerprint density at radius 3 is 2.39 bits per heavy atom. The molecule has 1 unspecified atom stereocenters. The lowest BCUT2D eigenvalue weighted by Crippen LogP contribution is -2.23. The molecule has 4 nitrogen and oxygen atoms in total. The Bertz CT molecular complexity index is 383. The number of hydrogen-bond donors (Lipinski definition) is 1. The van der Waals surface area contributed by atoms with Crippen LogP contribution in [0.1, 0.15) is 64.1 Å². The number of ether oxygens (including phenoxy) is 1. The second kappa shape index (κ2) is 5.63. The van der Waals surface area contributed by atoms with Crippen LogP contribution in [0, 0.1) is 0 Å². The third kappa shape index (κ3) is 4.00. The Morgan fingerprint density at radius 2 is 1.89 bits per heavy atom. The topological polar surface area (TPSA) is 55.2 Å². The first-order valence-electron chi connectivity index (χ1n) is 6.23. The molecule has 0 radical (unpaired) electrons. The van der Waals surface area contributed by atoms with Crippen LogP contribution in [0.15, 0.2) is 0 Å². The molecule has 1 aromatic heterocycles. The third-order valence-corrected chi connectivity index (χ3v) is 3.92. The molecule has 0 aliphatic heterocycles. The van der Waals surface area contributed by atoms with E-state index in [2.05, 4.69) is 30.4 Å². The van der Waals surface area contributed by atoms with Crippen LogP contribution in [0.25, 0.3) is 0 Å². The maximum absolute atomic E-state index is 10.3. The molecule has 0 aliphatic carbocycles. The second-order valence-electron chi connectivity index (χ2n) is 6.25. The minimum absolute atomic E-state index is 0.0832. The zero-order valence-electron chi connectivity index (χ0n) is 12.1. The molecule has 0 aliphatic rings. The van der Waals surface area contributed by atoms with Crippen molar-refractivity contribution in [2.75, 3.05) is 7.11 Å². The van der Waals surface area contributed by atoms with Crippen molar-refractivity contribution < 1.29 is 9.84 Å². The van der Waals surface area contributed by atoms with E-state index in [9.17, 15) is 5.11 Å². The van der Waals surface area contributed by atoms with Gasteiger partial charge >= 0.3 is 0 Å². The van der Waals surface area contributed by atoms with Crippen molar-refractivity contribution in [3.63, 3.8) is 0 Å². The molecule has 1 rings (SSSR count). The van der Waals surface area contributed by atoms with E-state index in [1.165, 1.54) is 11.5 Å². The lowest BCUT2D eigenvalue weighted by molar-refractivity contribution is 0.00295. The molecule has 1 aromatic rings. The van der Waals surface area contributed by atoms with E-state index in [-0.39, 0.29) is 11.0 Å². The number of aliphatic hydroxyl groups excluding tert-OH is 1. The van der Waals surface area contributed by atoms with E-state index >= 15 is 0 Å². The maximum Gasteiger partial charge on any atom is 0.0918 e. The lowest BCUT2D eigenvalue weighted by Gasteiger charge is -2.24. The highest BCUT2D eigenvalue weighted by molar-refractivity contribution is 7.05. The van der Waals surface area contributed by atoms with Crippen LogP contribution in [0.5, 0.6) is 0 Å². The van der Waals surface area contributed by atoms with Gasteiger partial charge in [-0.1, -0.05) is 25.3 Å². The van der Waals surface area contributed by atoms with Gasteiger partial charge in [0.2, 0.25) is 0 Å². The SMILES string of the molecule is COC(C)(C)CCC(O)c1snnc1C(C)(C)C. The van der Waals surface area contributed by atoms with Crippen LogP contribution in [-0.4, -0.2) is 27.4 Å². The first-order chi connectivity index (χ1) is 8.17. The van der Waals surface area contributed by atoms with Gasteiger partial charge in [-0.3, -0.25) is 0 Å². The molecule has 0 amide bonds. The first-order valence-corrected chi connectivity index (χ1v) is 7.00. The normalized spacial score (nSPS) is 14.8. The van der Waals surface area contributed by atoms with Gasteiger partial charge in [-0.25, -0.2) is 0 Å². The summed E-state index contributed by atoms with van der Waals surface area (Å²) in [6.07, 6.45) is 0.952. The van der Waals surface area contributed by atoms with Gasteiger partial charge < -0.3 is 9.84 Å². The van der Waals surface area contributed by atoms with Crippen molar-refractivity contribution in [1.82, 2.24) is 9.59 Å². The minimum atomic E-state index is -0.506. The Balaban J connectivity index is 2.74. The molecule has 1 heterocycles. The van der Waals surface area contributed by atoms with Gasteiger partial charge in [0, 0.05) is 12.5 Å². The standard InChI is InChI=1S/C13H24N2O2S/c1-12(2,3)11-10(18-15-14-11)9(16)7-8-13(4,5)17-6/h9,16H,7-8H2,1-6H3. The largest absolute Gasteiger partial charge is 0.387 e. The monoisotopic (exact) mass is 272 g/mol. The fraction of sp³-hybridized carbons (Fsp3) is 0.846. The third-order valence-electron chi connectivity index (χ3n) is 3.10. The van der Waals surface area contributed by atoms with Gasteiger partial charge in [0.25, 0.3) is 0 Å². The van der Waals surface area contributed by atoms with Crippen molar-refractivity contribution in [3.05, 3.63) is 10.6 Å². The van der Waals surface area contributed by atoms with Gasteiger partial charge in [0.1, 0.15) is 0 Å². The van der Waals surface area contributed by atoms with Crippen LogP contribution in [-0.2, 0) is 10.2 Å². The number of aliphatic hydroxyl groups is 1. The van der Waals surface area contributed by atoms with Crippen molar-refractivity contribution in [3.8, 4) is 0 Å². The van der Waals surface area contributed by atoms with Gasteiger partial charge in [-0.2, -0.15) is 0 Å². The lowest BCUT2D eigenvalue weighted by atomic mass is 9.89. The summed E-state index contributed by atoms with van der Waals surface area (Å²) in [5.41, 5.74) is 0.608. The fourth-order valence-electron chi connectivity index (χ4n) is 1.65. The molecule has 18 heavy (non-hydrogen) atoms. The van der Waals surface area contributed by atoms with Crippen molar-refractivity contribution >= 4 is 11.5 Å². The number of methoxy groups -OCH3 is 1. The highest BCUT2D eigenvalue weighted by Gasteiger charge is 2.27. The van der Waals surface area contributed by atoms with Gasteiger partial charge in [-0.05, 0) is 38.2 Å². The van der Waals surface area contributed by atoms with E-state index < -0.39 is 6.10 Å². The highest BCUT2D eigenvalue weighted by atomic mass is 32.1. The Hall–Kier alpha value is -0.520. The first kappa shape index (κ1) is 15.5. The van der Waals surface area contributed by atoms with E-state index in [0.717, 1.165) is 17.0 Å². The van der Waals surface area contributed by atoms with Crippen LogP contribution in [0.2, 0.25) is 0 Å². The van der Waals surface area contributed by atoms with E-state index in [0.29, 0.717) is 6.42 Å². The average molecular weight is 272 g/mol. The molecule has 0 aromatic carbocycles. The quantitative estimate of drug-likeness (QED) is 0.895. The Labute approximate surface area is 114 Å². The fourth-order valence-corrected chi connectivity index (χ4v) is 2.54. The average Bonchev–Trinajstić information content (AvgIpc) is 2.74. The molecule has 0 spiro atoms. The van der Waals surface area contributed by atoms with Gasteiger partial charge in [0.05, 0.1) is 22.3 Å². The zero-order chi connectivity index (χ0) is 14.0. The molecule has 0 saturated heterocycles. The maximum atomic E-state index is 10.3. The molecule has 1 N–H and O–H groups in total. The van der Waals surface area contributed by atoms with Crippen LogP contribution in [0.3, 0.4) is 0 Å². The number of hydrogen-bond acceptors (Lipinski definition) is 5. The molecule has 104 valence electrons. The molecular formula is C13H24N2O2S. The Kier molecular flexibility index (Phi) is 4.86. The summed E-state index contributed by atoms with van der Waals surface area (Å²) >= 11 is 1.29. The predicted molar refractivity (Wildman–Crippen MR) is 73.9 cm³/mol. The number of rotatable bonds is 5. The van der Waals surface area contributed by atoms with Crippen LogP contribution < -0.4 is 0 Å². The van der Waals surface area contributed by atoms with Crippen LogP contribution in [0.4, 0.5) is 0 Å². The molecule has 0 fully saturated rings. The molecular weight excluding hydrogens is 248 g/mol. The summed E-state index contributed by atoms with van der Waals surface area (Å²) in [7, 11) is 1.70. The van der Waals surface area contributed by atoms with Crippen molar-refractivity contribution in [1.29, 1.82) is 0 Å². The summed E-state index contributed by atoms with van der Waals surface area (Å²) in [6.45, 7) is 10.3. The van der Waals surface area contributed by atoms with Crippen LogP contribution >= 0.6 is 11.5 Å². The van der Waals surface area contributed by atoms with E-state index in [4.69, 9.17) is 4.74 Å². The molecule has 0 bridgehead atoms. The summed E-state index contributed by atoms with van der Waals surface area (Å²) in [6, 6.07) is 0. The summed E-state index contributed by atoms with van der Waals surface area (Å²) in [5.74, 6) is 0. The molecule has 0 saturated carbocycles. The minimum Gasteiger partial charge on any atom is -0.387 e. The van der Waals surface area contributed by atoms with E-state index in [1.807, 2.05) is 13.8 Å². The molecule has 5 heteroatoms. The summed E-state index contributed by atoms with van der Waals surface area (Å²) in [4.78, 5) is 0.884. The second-order valence-corrected chi connectivity index (χ2v) is 7.04. The van der Waals surface area contributed by atoms with E-state index in [1.54, 1.807) is 7.11 Å². The summed E-state index contributed by atoms with van der Waals surface area (Å²) in [5, 5.41) is 14.4. The van der Waals surface area contributed by atoms with Gasteiger partial charge in [-0.15, -0.1) is 5.10 Å². The number of aromatic nitrogens is 2. The number of nitrogens with zero attached hydrogens (tertiary/aromatic N) is 2. The van der Waals surface area contributed by atoms with Gasteiger partial charge in [0.15, 0.2) is 0 Å².